The zero-order valence-corrected chi connectivity index (χ0v) is 11.7. The van der Waals surface area contributed by atoms with Crippen molar-refractivity contribution < 1.29 is 19.8 Å². The molecule has 1 atom stereocenters. The highest BCUT2D eigenvalue weighted by molar-refractivity contribution is 5.92. The van der Waals surface area contributed by atoms with Gasteiger partial charge in [0.25, 0.3) is 0 Å². The highest BCUT2D eigenvalue weighted by Gasteiger charge is 2.46. The molecule has 1 aliphatic carbocycles. The lowest BCUT2D eigenvalue weighted by atomic mass is 9.68. The Bertz CT molecular complexity index is 494. The number of carbonyl (C=O) groups excluding carboxylic acids is 1. The third-order valence-corrected chi connectivity index (χ3v) is 3.57. The van der Waals surface area contributed by atoms with Gasteiger partial charge in [-0.05, 0) is 37.1 Å². The van der Waals surface area contributed by atoms with Crippen LogP contribution in [-0.4, -0.2) is 27.6 Å². The minimum absolute atomic E-state index is 0.00150. The van der Waals surface area contributed by atoms with E-state index in [2.05, 4.69) is 0 Å². The molecule has 0 unspecified atom stereocenters. The number of ketones is 1. The quantitative estimate of drug-likeness (QED) is 0.467. The molecule has 0 bridgehead atoms. The number of carbonyl (C=O) groups is 2. The molecule has 4 heteroatoms. The molecule has 0 amide bonds. The molecule has 0 radical (unpaired) electrons. The van der Waals surface area contributed by atoms with E-state index in [0.29, 0.717) is 11.1 Å². The second-order valence-corrected chi connectivity index (χ2v) is 5.68. The Labute approximate surface area is 113 Å². The standard InChI is InChI=1S/C15H20O4/c1-10(7-13(17)18)5-6-15(19)11(2)8-12(16)9-14(15,3)4/h5-8,19H,9H2,1-4H3,(H,17,18)/b6-5+,10-7-/t15-/m1/s1/i5+1,6+1. The zero-order chi connectivity index (χ0) is 14.8. The van der Waals surface area contributed by atoms with Crippen LogP contribution in [0.15, 0.2) is 35.5 Å². The van der Waals surface area contributed by atoms with Crippen molar-refractivity contribution in [3.8, 4) is 0 Å². The van der Waals surface area contributed by atoms with E-state index in [-0.39, 0.29) is 12.2 Å². The van der Waals surface area contributed by atoms with Gasteiger partial charge in [-0.25, -0.2) is 4.79 Å². The average molecular weight is 266 g/mol. The summed E-state index contributed by atoms with van der Waals surface area (Å²) in [4.78, 5) is 22.1. The van der Waals surface area contributed by atoms with Gasteiger partial charge in [-0.15, -0.1) is 0 Å². The highest BCUT2D eigenvalue weighted by Crippen LogP contribution is 2.44. The Morgan fingerprint density at radius 1 is 1.42 bits per heavy atom. The van der Waals surface area contributed by atoms with E-state index < -0.39 is 17.0 Å². The smallest absolute Gasteiger partial charge is 0.328 e. The lowest BCUT2D eigenvalue weighted by Gasteiger charge is -2.43. The third-order valence-electron chi connectivity index (χ3n) is 3.57. The van der Waals surface area contributed by atoms with E-state index in [1.54, 1.807) is 26.0 Å². The van der Waals surface area contributed by atoms with E-state index >= 15 is 0 Å². The SMILES string of the molecule is CC1=CC(=O)CC(C)(C)[C@@]1(O)/[13CH]=[13CH]/C(C)=C\C(=O)O. The number of carboxylic acids is 1. The van der Waals surface area contributed by atoms with Crippen molar-refractivity contribution in [1.29, 1.82) is 0 Å². The van der Waals surface area contributed by atoms with Crippen molar-refractivity contribution in [2.45, 2.75) is 39.7 Å². The van der Waals surface area contributed by atoms with Crippen LogP contribution in [0.25, 0.3) is 0 Å². The van der Waals surface area contributed by atoms with Crippen molar-refractivity contribution in [2.75, 3.05) is 0 Å². The Hall–Kier alpha value is -1.68. The summed E-state index contributed by atoms with van der Waals surface area (Å²) in [5.74, 6) is -1.03. The molecule has 0 aromatic rings. The number of hydrogen-bond acceptors (Lipinski definition) is 3. The van der Waals surface area contributed by atoms with Gasteiger partial charge in [-0.2, -0.15) is 0 Å². The Balaban J connectivity index is 3.15. The number of aliphatic carboxylic acids is 1. The van der Waals surface area contributed by atoms with Gasteiger partial charge in [0.05, 0.1) is 0 Å². The second-order valence-electron chi connectivity index (χ2n) is 5.68. The van der Waals surface area contributed by atoms with Gasteiger partial charge in [0.15, 0.2) is 5.78 Å². The monoisotopic (exact) mass is 266 g/mol. The number of aliphatic hydroxyl groups is 1. The van der Waals surface area contributed by atoms with Gasteiger partial charge in [-0.3, -0.25) is 4.79 Å². The van der Waals surface area contributed by atoms with Crippen molar-refractivity contribution in [3.63, 3.8) is 0 Å². The Kier molecular flexibility index (Phi) is 4.15. The molecule has 2 N–H and O–H groups in total. The fourth-order valence-electron chi connectivity index (χ4n) is 2.36. The van der Waals surface area contributed by atoms with Gasteiger partial charge >= 0.3 is 5.97 Å². The largest absolute Gasteiger partial charge is 0.478 e. The summed E-state index contributed by atoms with van der Waals surface area (Å²) in [5, 5.41) is 19.4. The minimum Gasteiger partial charge on any atom is -0.478 e. The maximum Gasteiger partial charge on any atom is 0.328 e. The maximum atomic E-state index is 11.6. The van der Waals surface area contributed by atoms with Crippen LogP contribution in [0.4, 0.5) is 0 Å². The van der Waals surface area contributed by atoms with E-state index in [4.69, 9.17) is 5.11 Å². The molecule has 0 spiro atoms. The normalized spacial score (nSPS) is 27.5. The number of rotatable bonds is 3. The lowest BCUT2D eigenvalue weighted by Crippen LogP contribution is -2.48. The highest BCUT2D eigenvalue weighted by atomic mass is 16.4. The lowest BCUT2D eigenvalue weighted by molar-refractivity contribution is -0.131. The fraction of sp³-hybridized carbons (Fsp3) is 0.467. The van der Waals surface area contributed by atoms with Crippen LogP contribution in [0.3, 0.4) is 0 Å². The summed E-state index contributed by atoms with van der Waals surface area (Å²) in [6.45, 7) is 7.00. The molecule has 0 fully saturated rings. The van der Waals surface area contributed by atoms with E-state index in [0.717, 1.165) is 6.08 Å². The molecule has 104 valence electrons. The number of hydrogen-bond donors (Lipinski definition) is 2. The molecule has 4 nitrogen and oxygen atoms in total. The van der Waals surface area contributed by atoms with Crippen molar-refractivity contribution in [2.24, 2.45) is 5.41 Å². The molecule has 0 saturated heterocycles. The van der Waals surface area contributed by atoms with Crippen molar-refractivity contribution in [3.05, 3.63) is 35.5 Å². The summed E-state index contributed by atoms with van der Waals surface area (Å²) in [6.07, 6.45) is 5.92. The van der Waals surface area contributed by atoms with Gasteiger partial charge in [-0.1, -0.05) is 19.9 Å². The van der Waals surface area contributed by atoms with Crippen LogP contribution in [0.5, 0.6) is 0 Å². The maximum absolute atomic E-state index is 11.6. The van der Waals surface area contributed by atoms with Crippen LogP contribution < -0.4 is 0 Å². The molecule has 0 heterocycles. The zero-order valence-electron chi connectivity index (χ0n) is 11.7. The van der Waals surface area contributed by atoms with Crippen LogP contribution in [-0.2, 0) is 9.59 Å². The molecular weight excluding hydrogens is 246 g/mol. The predicted molar refractivity (Wildman–Crippen MR) is 72.6 cm³/mol. The summed E-state index contributed by atoms with van der Waals surface area (Å²) in [5.41, 5.74) is -0.758. The molecule has 0 aromatic heterocycles. The first kappa shape index (κ1) is 15.4. The topological polar surface area (TPSA) is 74.6 Å². The van der Waals surface area contributed by atoms with Crippen molar-refractivity contribution in [1.82, 2.24) is 0 Å². The summed E-state index contributed by atoms with van der Waals surface area (Å²) < 4.78 is 0. The van der Waals surface area contributed by atoms with Gasteiger partial charge in [0, 0.05) is 17.9 Å². The molecule has 0 aliphatic heterocycles. The third kappa shape index (κ3) is 3.20. The van der Waals surface area contributed by atoms with Gasteiger partial charge in [0.2, 0.25) is 0 Å². The molecule has 0 aromatic carbocycles. The average Bonchev–Trinajstić information content (AvgIpc) is 2.21. The summed E-state index contributed by atoms with van der Waals surface area (Å²) in [7, 11) is 0. The van der Waals surface area contributed by atoms with E-state index in [9.17, 15) is 14.7 Å². The molecule has 19 heavy (non-hydrogen) atoms. The van der Waals surface area contributed by atoms with Crippen molar-refractivity contribution >= 4 is 11.8 Å². The Morgan fingerprint density at radius 3 is 2.47 bits per heavy atom. The van der Waals surface area contributed by atoms with Crippen LogP contribution >= 0.6 is 0 Å². The second kappa shape index (κ2) is 5.13. The number of carboxylic acid groups (broad SMARTS) is 1. The van der Waals surface area contributed by atoms with Crippen LogP contribution in [0, 0.1) is 5.41 Å². The molecule has 1 rings (SSSR count). The first-order chi connectivity index (χ1) is 8.58. The Morgan fingerprint density at radius 2 is 2.00 bits per heavy atom. The number of allylic oxidation sites excluding steroid dienone is 3. The molecule has 0 saturated carbocycles. The summed E-state index contributed by atoms with van der Waals surface area (Å²) in [6, 6.07) is 0. The summed E-state index contributed by atoms with van der Waals surface area (Å²) >= 11 is 0. The van der Waals surface area contributed by atoms with E-state index in [1.807, 2.05) is 13.8 Å². The molecule has 1 aliphatic rings. The fourth-order valence-corrected chi connectivity index (χ4v) is 2.36. The van der Waals surface area contributed by atoms with Gasteiger partial charge in [0.1, 0.15) is 5.60 Å². The van der Waals surface area contributed by atoms with Crippen LogP contribution in [0.1, 0.15) is 34.1 Å². The van der Waals surface area contributed by atoms with E-state index in [1.165, 1.54) is 6.08 Å². The first-order valence-electron chi connectivity index (χ1n) is 6.13. The van der Waals surface area contributed by atoms with Gasteiger partial charge < -0.3 is 10.2 Å². The molecular formula is C15H20O4. The predicted octanol–water partition coefficient (Wildman–Crippen LogP) is 2.25. The minimum atomic E-state index is -1.24. The van der Waals surface area contributed by atoms with Crippen LogP contribution in [0.2, 0.25) is 0 Å². The first-order valence-corrected chi connectivity index (χ1v) is 6.13.